The van der Waals surface area contributed by atoms with Crippen LogP contribution in [-0.4, -0.2) is 6.29 Å². The Balaban J connectivity index is 2.43. The molecule has 0 amide bonds. The highest BCUT2D eigenvalue weighted by atomic mass is 16.1. The van der Waals surface area contributed by atoms with Crippen molar-refractivity contribution in [1.82, 2.24) is 0 Å². The molecule has 0 aromatic rings. The molecule has 0 N–H and O–H groups in total. The molecule has 0 saturated carbocycles. The van der Waals surface area contributed by atoms with Crippen molar-refractivity contribution in [3.05, 3.63) is 36.5 Å². The Hall–Kier alpha value is -1.11. The highest BCUT2D eigenvalue weighted by Gasteiger charge is 1.97. The van der Waals surface area contributed by atoms with Gasteiger partial charge in [-0.3, -0.25) is 4.79 Å². The van der Waals surface area contributed by atoms with Gasteiger partial charge in [0.1, 0.15) is 0 Å². The lowest BCUT2D eigenvalue weighted by atomic mass is 10.0. The fourth-order valence-electron chi connectivity index (χ4n) is 0.905. The van der Waals surface area contributed by atoms with E-state index in [0.717, 1.165) is 6.42 Å². The van der Waals surface area contributed by atoms with Gasteiger partial charge in [-0.15, -0.1) is 0 Å². The molecule has 1 aliphatic rings. The van der Waals surface area contributed by atoms with Crippen LogP contribution in [0.15, 0.2) is 36.5 Å². The van der Waals surface area contributed by atoms with E-state index in [0.29, 0.717) is 5.92 Å². The first-order chi connectivity index (χ1) is 4.93. The molecule has 0 bridgehead atoms. The number of allylic oxidation sites excluding steroid dienone is 6. The second-order valence-electron chi connectivity index (χ2n) is 2.19. The van der Waals surface area contributed by atoms with E-state index in [1.165, 1.54) is 6.08 Å². The Kier molecular flexibility index (Phi) is 2.68. The lowest BCUT2D eigenvalue weighted by Crippen LogP contribution is -1.91. The fraction of sp³-hybridized carbons (Fsp3) is 0.222. The third kappa shape index (κ3) is 2.02. The molecule has 1 heteroatoms. The molecule has 0 spiro atoms. The Bertz CT molecular complexity index is 187. The third-order valence-electron chi connectivity index (χ3n) is 1.43. The topological polar surface area (TPSA) is 17.1 Å². The van der Waals surface area contributed by atoms with Gasteiger partial charge in [0, 0.05) is 0 Å². The fourth-order valence-corrected chi connectivity index (χ4v) is 0.905. The van der Waals surface area contributed by atoms with Crippen molar-refractivity contribution in [2.45, 2.75) is 6.42 Å². The van der Waals surface area contributed by atoms with E-state index < -0.39 is 0 Å². The van der Waals surface area contributed by atoms with Crippen molar-refractivity contribution < 1.29 is 4.79 Å². The summed E-state index contributed by atoms with van der Waals surface area (Å²) >= 11 is 0. The average Bonchev–Trinajstić information content (AvgIpc) is 2.03. The lowest BCUT2D eigenvalue weighted by molar-refractivity contribution is 0.564. The number of rotatable bonds is 2. The molecule has 0 aromatic carbocycles. The summed E-state index contributed by atoms with van der Waals surface area (Å²) in [5.41, 5.74) is 0. The molecule has 1 aliphatic carbocycles. The van der Waals surface area contributed by atoms with Gasteiger partial charge < -0.3 is 0 Å². The third-order valence-corrected chi connectivity index (χ3v) is 1.43. The Morgan fingerprint density at radius 3 is 3.00 bits per heavy atom. The van der Waals surface area contributed by atoms with Crippen molar-refractivity contribution >= 4 is 6.29 Å². The molecule has 1 radical (unpaired) electrons. The Morgan fingerprint density at radius 2 is 2.40 bits per heavy atom. The molecule has 10 heavy (non-hydrogen) atoms. The van der Waals surface area contributed by atoms with E-state index in [1.54, 1.807) is 6.29 Å². The van der Waals surface area contributed by atoms with Gasteiger partial charge in [0.05, 0.1) is 0 Å². The predicted octanol–water partition coefficient (Wildman–Crippen LogP) is 1.78. The second-order valence-corrected chi connectivity index (χ2v) is 2.19. The molecule has 0 aromatic heterocycles. The van der Waals surface area contributed by atoms with Crippen LogP contribution in [0.25, 0.3) is 0 Å². The van der Waals surface area contributed by atoms with E-state index in [2.05, 4.69) is 12.2 Å². The Labute approximate surface area is 60.7 Å². The van der Waals surface area contributed by atoms with Crippen LogP contribution in [0.4, 0.5) is 0 Å². The summed E-state index contributed by atoms with van der Waals surface area (Å²) < 4.78 is 0. The van der Waals surface area contributed by atoms with Gasteiger partial charge in [-0.05, 0) is 18.4 Å². The molecule has 0 aliphatic heterocycles. The molecule has 0 fully saturated rings. The molecule has 0 saturated heterocycles. The van der Waals surface area contributed by atoms with Crippen LogP contribution in [0.1, 0.15) is 6.42 Å². The maximum absolute atomic E-state index is 9.79. The minimum Gasteiger partial charge on any atom is -0.286 e. The molecule has 51 valence electrons. The normalized spacial score (nSPS) is 23.8. The van der Waals surface area contributed by atoms with Gasteiger partial charge in [0.25, 0.3) is 0 Å². The summed E-state index contributed by atoms with van der Waals surface area (Å²) in [5.74, 6) is 0.395. The summed E-state index contributed by atoms with van der Waals surface area (Å²) in [5, 5.41) is 0. The van der Waals surface area contributed by atoms with Crippen LogP contribution >= 0.6 is 0 Å². The molecule has 1 nitrogen and oxygen atoms in total. The van der Waals surface area contributed by atoms with Gasteiger partial charge in [0.2, 0.25) is 6.29 Å². The zero-order valence-corrected chi connectivity index (χ0v) is 5.66. The van der Waals surface area contributed by atoms with Gasteiger partial charge in [-0.1, -0.05) is 30.4 Å². The average molecular weight is 133 g/mol. The molecular formula is C9H9O. The van der Waals surface area contributed by atoms with Gasteiger partial charge in [-0.2, -0.15) is 0 Å². The molecule has 1 atom stereocenters. The predicted molar refractivity (Wildman–Crippen MR) is 41.2 cm³/mol. The summed E-state index contributed by atoms with van der Waals surface area (Å²) in [6.07, 6.45) is 14.1. The van der Waals surface area contributed by atoms with Crippen LogP contribution in [0, 0.1) is 5.92 Å². The van der Waals surface area contributed by atoms with Crippen molar-refractivity contribution in [2.24, 2.45) is 5.92 Å². The van der Waals surface area contributed by atoms with Crippen LogP contribution in [-0.2, 0) is 4.79 Å². The number of hydrogen-bond acceptors (Lipinski definition) is 1. The summed E-state index contributed by atoms with van der Waals surface area (Å²) in [4.78, 5) is 9.79. The first-order valence-corrected chi connectivity index (χ1v) is 3.31. The maximum atomic E-state index is 9.79. The highest BCUT2D eigenvalue weighted by molar-refractivity contribution is 5.65. The molecule has 1 unspecified atom stereocenters. The number of hydrogen-bond donors (Lipinski definition) is 0. The summed E-state index contributed by atoms with van der Waals surface area (Å²) in [7, 11) is 0. The maximum Gasteiger partial charge on any atom is 0.225 e. The minimum atomic E-state index is 0.395. The van der Waals surface area contributed by atoms with Crippen molar-refractivity contribution in [1.29, 1.82) is 0 Å². The summed E-state index contributed by atoms with van der Waals surface area (Å²) in [6, 6.07) is 0. The standard InChI is InChI=1S/C9H9O/c10-8-4-7-9-5-2-1-3-6-9/h1-5,7,9H,6H2. The van der Waals surface area contributed by atoms with E-state index in [4.69, 9.17) is 0 Å². The SMILES string of the molecule is O=[C]C=CC1C=CC=CC1. The van der Waals surface area contributed by atoms with E-state index in [1.807, 2.05) is 18.2 Å². The zero-order valence-electron chi connectivity index (χ0n) is 5.66. The minimum absolute atomic E-state index is 0.395. The van der Waals surface area contributed by atoms with E-state index in [-0.39, 0.29) is 0 Å². The summed E-state index contributed by atoms with van der Waals surface area (Å²) in [6.45, 7) is 0. The van der Waals surface area contributed by atoms with Crippen LogP contribution < -0.4 is 0 Å². The molecule has 0 heterocycles. The quantitative estimate of drug-likeness (QED) is 0.525. The van der Waals surface area contributed by atoms with Crippen molar-refractivity contribution in [3.63, 3.8) is 0 Å². The monoisotopic (exact) mass is 133 g/mol. The first-order valence-electron chi connectivity index (χ1n) is 3.31. The highest BCUT2D eigenvalue weighted by Crippen LogP contribution is 2.11. The smallest absolute Gasteiger partial charge is 0.225 e. The van der Waals surface area contributed by atoms with Crippen molar-refractivity contribution in [2.75, 3.05) is 0 Å². The van der Waals surface area contributed by atoms with Crippen LogP contribution in [0.2, 0.25) is 0 Å². The van der Waals surface area contributed by atoms with E-state index >= 15 is 0 Å². The molecular weight excluding hydrogens is 124 g/mol. The zero-order chi connectivity index (χ0) is 7.23. The van der Waals surface area contributed by atoms with Gasteiger partial charge >= 0.3 is 0 Å². The Morgan fingerprint density at radius 1 is 1.50 bits per heavy atom. The lowest BCUT2D eigenvalue weighted by Gasteiger charge is -2.04. The largest absolute Gasteiger partial charge is 0.286 e. The van der Waals surface area contributed by atoms with Crippen LogP contribution in [0.5, 0.6) is 0 Å². The van der Waals surface area contributed by atoms with E-state index in [9.17, 15) is 4.79 Å². The first kappa shape index (κ1) is 7.00. The number of carbonyl (C=O) groups excluding carboxylic acids is 1. The van der Waals surface area contributed by atoms with Crippen molar-refractivity contribution in [3.8, 4) is 0 Å². The van der Waals surface area contributed by atoms with Crippen LogP contribution in [0.3, 0.4) is 0 Å². The second kappa shape index (κ2) is 3.83. The van der Waals surface area contributed by atoms with Gasteiger partial charge in [-0.25, -0.2) is 0 Å². The van der Waals surface area contributed by atoms with Gasteiger partial charge in [0.15, 0.2) is 0 Å². The molecule has 1 rings (SSSR count).